The Kier molecular flexibility index (Phi) is 7.30. The van der Waals surface area contributed by atoms with Crippen molar-refractivity contribution in [1.82, 2.24) is 14.8 Å². The highest BCUT2D eigenvalue weighted by Crippen LogP contribution is 2.13. The Balaban J connectivity index is 1.51. The number of piperazine rings is 1. The van der Waals surface area contributed by atoms with Crippen molar-refractivity contribution in [3.05, 3.63) is 59.2 Å². The summed E-state index contributed by atoms with van der Waals surface area (Å²) < 4.78 is 17.9. The summed E-state index contributed by atoms with van der Waals surface area (Å²) >= 11 is 0. The van der Waals surface area contributed by atoms with Crippen LogP contribution in [0.25, 0.3) is 0 Å². The fraction of sp³-hybridized carbons (Fsp3) is 0.364. The van der Waals surface area contributed by atoms with Gasteiger partial charge in [-0.25, -0.2) is 14.2 Å². The molecule has 8 nitrogen and oxygen atoms in total. The molecule has 2 aromatic rings. The van der Waals surface area contributed by atoms with Crippen molar-refractivity contribution in [1.29, 1.82) is 0 Å². The molecule has 1 aromatic heterocycles. The van der Waals surface area contributed by atoms with Crippen molar-refractivity contribution in [3.8, 4) is 0 Å². The van der Waals surface area contributed by atoms with Gasteiger partial charge in [0.05, 0.1) is 24.4 Å². The maximum Gasteiger partial charge on any atom is 0.339 e. The molecule has 2 amide bonds. The number of aryl methyl sites for hydroxylation is 1. The van der Waals surface area contributed by atoms with E-state index in [1.54, 1.807) is 24.8 Å². The van der Waals surface area contributed by atoms with Crippen LogP contribution in [0.3, 0.4) is 0 Å². The summed E-state index contributed by atoms with van der Waals surface area (Å²) in [6.07, 6.45) is 0. The molecule has 0 radical (unpaired) electrons. The number of nitrogens with one attached hydrogen (secondary N) is 1. The van der Waals surface area contributed by atoms with Crippen LogP contribution in [-0.2, 0) is 9.53 Å². The number of pyridine rings is 1. The van der Waals surface area contributed by atoms with Crippen LogP contribution in [0, 0.1) is 12.7 Å². The van der Waals surface area contributed by atoms with E-state index in [9.17, 15) is 18.8 Å². The second-order valence-corrected chi connectivity index (χ2v) is 7.17. The quantitative estimate of drug-likeness (QED) is 0.709. The van der Waals surface area contributed by atoms with Crippen molar-refractivity contribution < 1.29 is 23.5 Å². The summed E-state index contributed by atoms with van der Waals surface area (Å²) in [5.74, 6) is -1.23. The Bertz CT molecular complexity index is 956. The van der Waals surface area contributed by atoms with Crippen LogP contribution in [0.1, 0.15) is 33.5 Å². The first-order chi connectivity index (χ1) is 14.9. The van der Waals surface area contributed by atoms with Gasteiger partial charge in [-0.05, 0) is 50.2 Å². The maximum absolute atomic E-state index is 13.0. The molecule has 0 atom stereocenters. The third-order valence-electron chi connectivity index (χ3n) is 4.95. The van der Waals surface area contributed by atoms with Crippen molar-refractivity contribution in [3.63, 3.8) is 0 Å². The molecule has 1 N–H and O–H groups in total. The smallest absolute Gasteiger partial charge is 0.339 e. The molecule has 3 rings (SSSR count). The number of rotatable bonds is 6. The molecule has 1 fully saturated rings. The molecule has 31 heavy (non-hydrogen) atoms. The van der Waals surface area contributed by atoms with Gasteiger partial charge >= 0.3 is 5.97 Å². The second kappa shape index (κ2) is 10.1. The number of carbonyl (C=O) groups excluding carboxylic acids is 3. The number of hydrogen-bond donors (Lipinski definition) is 1. The topological polar surface area (TPSA) is 91.8 Å². The lowest BCUT2D eigenvalue weighted by atomic mass is 10.1. The number of carbonyl (C=O) groups is 3. The van der Waals surface area contributed by atoms with Crippen LogP contribution >= 0.6 is 0 Å². The van der Waals surface area contributed by atoms with E-state index in [0.717, 1.165) is 0 Å². The van der Waals surface area contributed by atoms with Gasteiger partial charge in [0.1, 0.15) is 11.5 Å². The highest BCUT2D eigenvalue weighted by molar-refractivity contribution is 5.95. The summed E-state index contributed by atoms with van der Waals surface area (Å²) in [7, 11) is 0. The molecular formula is C22H25FN4O4. The van der Waals surface area contributed by atoms with Gasteiger partial charge in [0, 0.05) is 31.9 Å². The molecule has 0 bridgehead atoms. The molecular weight excluding hydrogens is 403 g/mol. The fourth-order valence-corrected chi connectivity index (χ4v) is 3.31. The zero-order valence-corrected chi connectivity index (χ0v) is 17.6. The standard InChI is InChI=1S/C22H25FN4O4/c1-3-31-22(30)18-8-9-19(24-15(18)2)21(29)27-12-10-26(11-13-27)14-20(28)25-17-6-4-16(23)5-7-17/h4-9H,3,10-14H2,1-2H3,(H,25,28). The fourth-order valence-electron chi connectivity index (χ4n) is 3.31. The van der Waals surface area contributed by atoms with Gasteiger partial charge in [-0.3, -0.25) is 14.5 Å². The van der Waals surface area contributed by atoms with E-state index in [1.807, 2.05) is 4.90 Å². The van der Waals surface area contributed by atoms with E-state index in [2.05, 4.69) is 10.3 Å². The summed E-state index contributed by atoms with van der Waals surface area (Å²) in [4.78, 5) is 44.8. The SMILES string of the molecule is CCOC(=O)c1ccc(C(=O)N2CCN(CC(=O)Nc3ccc(F)cc3)CC2)nc1C. The minimum atomic E-state index is -0.459. The highest BCUT2D eigenvalue weighted by atomic mass is 19.1. The predicted octanol–water partition coefficient (Wildman–Crippen LogP) is 2.10. The number of aromatic nitrogens is 1. The van der Waals surface area contributed by atoms with Crippen LogP contribution in [0.5, 0.6) is 0 Å². The van der Waals surface area contributed by atoms with E-state index in [4.69, 9.17) is 4.74 Å². The number of esters is 1. The number of halogens is 1. The minimum absolute atomic E-state index is 0.186. The molecule has 1 saturated heterocycles. The normalized spacial score (nSPS) is 14.2. The second-order valence-electron chi connectivity index (χ2n) is 7.17. The van der Waals surface area contributed by atoms with Gasteiger partial charge in [-0.15, -0.1) is 0 Å². The van der Waals surface area contributed by atoms with Crippen molar-refractivity contribution in [2.75, 3.05) is 44.6 Å². The van der Waals surface area contributed by atoms with Crippen LogP contribution in [0.15, 0.2) is 36.4 Å². The number of ether oxygens (including phenoxy) is 1. The lowest BCUT2D eigenvalue weighted by Gasteiger charge is -2.34. The first-order valence-corrected chi connectivity index (χ1v) is 10.1. The van der Waals surface area contributed by atoms with Crippen LogP contribution < -0.4 is 5.32 Å². The Morgan fingerprint density at radius 2 is 1.74 bits per heavy atom. The minimum Gasteiger partial charge on any atom is -0.462 e. The Labute approximate surface area is 180 Å². The van der Waals surface area contributed by atoms with Crippen LogP contribution in [0.4, 0.5) is 10.1 Å². The monoisotopic (exact) mass is 428 g/mol. The Morgan fingerprint density at radius 3 is 2.35 bits per heavy atom. The molecule has 164 valence electrons. The van der Waals surface area contributed by atoms with Gasteiger partial charge in [0.15, 0.2) is 0 Å². The lowest BCUT2D eigenvalue weighted by Crippen LogP contribution is -2.50. The van der Waals surface area contributed by atoms with E-state index >= 15 is 0 Å². The van der Waals surface area contributed by atoms with Gasteiger partial charge < -0.3 is 15.0 Å². The van der Waals surface area contributed by atoms with Crippen LogP contribution in [0.2, 0.25) is 0 Å². The number of anilines is 1. The largest absolute Gasteiger partial charge is 0.462 e. The predicted molar refractivity (Wildman–Crippen MR) is 112 cm³/mol. The van der Waals surface area contributed by atoms with Gasteiger partial charge in [0.25, 0.3) is 5.91 Å². The third-order valence-corrected chi connectivity index (χ3v) is 4.95. The molecule has 0 spiro atoms. The Hall–Kier alpha value is -3.33. The maximum atomic E-state index is 13.0. The van der Waals surface area contributed by atoms with Gasteiger partial charge in [0.2, 0.25) is 5.91 Å². The summed E-state index contributed by atoms with van der Waals surface area (Å²) in [5, 5.41) is 2.73. The first-order valence-electron chi connectivity index (χ1n) is 10.1. The van der Waals surface area contributed by atoms with Crippen molar-refractivity contribution >= 4 is 23.5 Å². The van der Waals surface area contributed by atoms with E-state index in [1.165, 1.54) is 30.3 Å². The first kappa shape index (κ1) is 22.4. The zero-order valence-electron chi connectivity index (χ0n) is 17.6. The third kappa shape index (κ3) is 5.85. The van der Waals surface area contributed by atoms with Gasteiger partial charge in [-0.2, -0.15) is 0 Å². The average Bonchev–Trinajstić information content (AvgIpc) is 2.75. The number of amides is 2. The number of nitrogens with zero attached hydrogens (tertiary/aromatic N) is 3. The molecule has 0 aliphatic carbocycles. The molecule has 0 unspecified atom stereocenters. The summed E-state index contributed by atoms with van der Waals surface area (Å²) in [5.41, 5.74) is 1.59. The number of hydrogen-bond acceptors (Lipinski definition) is 6. The van der Waals surface area contributed by atoms with Crippen molar-refractivity contribution in [2.45, 2.75) is 13.8 Å². The molecule has 1 aliphatic heterocycles. The summed E-state index contributed by atoms with van der Waals surface area (Å²) in [6.45, 7) is 5.86. The molecule has 2 heterocycles. The highest BCUT2D eigenvalue weighted by Gasteiger charge is 2.25. The van der Waals surface area contributed by atoms with Gasteiger partial charge in [-0.1, -0.05) is 0 Å². The van der Waals surface area contributed by atoms with Crippen molar-refractivity contribution in [2.24, 2.45) is 0 Å². The molecule has 9 heteroatoms. The average molecular weight is 428 g/mol. The van der Waals surface area contributed by atoms with E-state index in [-0.39, 0.29) is 36.5 Å². The number of benzene rings is 1. The molecule has 1 aliphatic rings. The van der Waals surface area contributed by atoms with E-state index in [0.29, 0.717) is 43.1 Å². The molecule has 0 saturated carbocycles. The summed E-state index contributed by atoms with van der Waals surface area (Å²) in [6, 6.07) is 8.68. The van der Waals surface area contributed by atoms with Crippen LogP contribution in [-0.4, -0.2) is 71.9 Å². The Morgan fingerprint density at radius 1 is 1.06 bits per heavy atom. The van der Waals surface area contributed by atoms with E-state index < -0.39 is 5.97 Å². The molecule has 1 aromatic carbocycles. The lowest BCUT2D eigenvalue weighted by molar-refractivity contribution is -0.117. The zero-order chi connectivity index (χ0) is 22.4.